The molecular weight excluding hydrogens is 252 g/mol. The molecule has 0 aliphatic carbocycles. The summed E-state index contributed by atoms with van der Waals surface area (Å²) >= 11 is 5.09. The molecule has 1 rings (SSSR count). The SMILES string of the molecule is [2H]C([2H])(Cl)C(=O)COS(=O)(=O)c1ccc(C)cc1. The van der Waals surface area contributed by atoms with Gasteiger partial charge in [-0.3, -0.25) is 8.98 Å². The van der Waals surface area contributed by atoms with E-state index in [9.17, 15) is 13.2 Å². The van der Waals surface area contributed by atoms with Crippen molar-refractivity contribution in [1.29, 1.82) is 0 Å². The van der Waals surface area contributed by atoms with Crippen LogP contribution >= 0.6 is 11.6 Å². The number of rotatable bonds is 5. The Morgan fingerprint density at radius 3 is 2.50 bits per heavy atom. The van der Waals surface area contributed by atoms with Gasteiger partial charge in [-0.25, -0.2) is 0 Å². The highest BCUT2D eigenvalue weighted by atomic mass is 35.5. The molecule has 0 aliphatic rings. The van der Waals surface area contributed by atoms with Crippen LogP contribution < -0.4 is 0 Å². The summed E-state index contributed by atoms with van der Waals surface area (Å²) in [6.07, 6.45) is 0. The molecule has 0 saturated heterocycles. The van der Waals surface area contributed by atoms with Gasteiger partial charge in [0.05, 0.1) is 13.5 Å². The molecule has 0 spiro atoms. The molecule has 4 nitrogen and oxygen atoms in total. The van der Waals surface area contributed by atoms with Crippen molar-refractivity contribution in [3.05, 3.63) is 29.8 Å². The summed E-state index contributed by atoms with van der Waals surface area (Å²) in [5.74, 6) is -3.79. The Balaban J connectivity index is 2.78. The zero-order chi connectivity index (χ0) is 14.0. The van der Waals surface area contributed by atoms with Crippen molar-refractivity contribution in [2.45, 2.75) is 11.8 Å². The fraction of sp³-hybridized carbons (Fsp3) is 0.300. The first-order valence-corrected chi connectivity index (χ1v) is 6.10. The van der Waals surface area contributed by atoms with Gasteiger partial charge in [0.2, 0.25) is 0 Å². The molecule has 1 aromatic carbocycles. The number of alkyl halides is 1. The molecule has 0 aliphatic heterocycles. The van der Waals surface area contributed by atoms with Crippen molar-refractivity contribution in [2.75, 3.05) is 12.4 Å². The van der Waals surface area contributed by atoms with E-state index >= 15 is 0 Å². The Kier molecular flexibility index (Phi) is 3.48. The Bertz CT molecular complexity index is 534. The lowest BCUT2D eigenvalue weighted by molar-refractivity contribution is -0.118. The molecule has 0 saturated carbocycles. The smallest absolute Gasteiger partial charge is 0.296 e. The monoisotopic (exact) mass is 264 g/mol. The maximum Gasteiger partial charge on any atom is 0.297 e. The van der Waals surface area contributed by atoms with Crippen molar-refractivity contribution >= 4 is 27.5 Å². The fourth-order valence-corrected chi connectivity index (χ4v) is 1.85. The maximum absolute atomic E-state index is 11.6. The average molecular weight is 265 g/mol. The molecule has 0 N–H and O–H groups in total. The normalized spacial score (nSPS) is 14.1. The number of aryl methyl sites for hydroxylation is 1. The second-order valence-electron chi connectivity index (χ2n) is 3.05. The van der Waals surface area contributed by atoms with Gasteiger partial charge in [0.15, 0.2) is 5.78 Å². The quantitative estimate of drug-likeness (QED) is 0.597. The van der Waals surface area contributed by atoms with Gasteiger partial charge in [-0.2, -0.15) is 8.42 Å². The molecule has 0 radical (unpaired) electrons. The van der Waals surface area contributed by atoms with E-state index in [1.807, 2.05) is 0 Å². The van der Waals surface area contributed by atoms with Crippen LogP contribution in [0.1, 0.15) is 8.30 Å². The van der Waals surface area contributed by atoms with E-state index in [0.717, 1.165) is 5.56 Å². The predicted octanol–water partition coefficient (Wildman–Crippen LogP) is 1.51. The Labute approximate surface area is 102 Å². The molecule has 0 atom stereocenters. The van der Waals surface area contributed by atoms with Crippen LogP contribution in [-0.4, -0.2) is 26.6 Å². The van der Waals surface area contributed by atoms with Crippen LogP contribution in [-0.2, 0) is 19.1 Å². The third-order valence-electron chi connectivity index (χ3n) is 1.76. The lowest BCUT2D eigenvalue weighted by Gasteiger charge is -2.04. The number of ketones is 1. The van der Waals surface area contributed by atoms with E-state index in [1.54, 1.807) is 19.1 Å². The van der Waals surface area contributed by atoms with Crippen LogP contribution in [0.15, 0.2) is 29.2 Å². The first-order chi connectivity index (χ1) is 8.13. The molecular formula is C10H11ClO4S. The molecule has 0 fully saturated rings. The van der Waals surface area contributed by atoms with E-state index in [0.29, 0.717) is 0 Å². The Morgan fingerprint density at radius 2 is 2.00 bits per heavy atom. The molecule has 16 heavy (non-hydrogen) atoms. The topological polar surface area (TPSA) is 60.4 Å². The van der Waals surface area contributed by atoms with E-state index in [1.165, 1.54) is 12.1 Å². The van der Waals surface area contributed by atoms with Gasteiger partial charge in [0.25, 0.3) is 10.1 Å². The van der Waals surface area contributed by atoms with Crippen molar-refractivity contribution < 1.29 is 20.1 Å². The first-order valence-electron chi connectivity index (χ1n) is 5.31. The van der Waals surface area contributed by atoms with Crippen LogP contribution in [0.4, 0.5) is 0 Å². The highest BCUT2D eigenvalue weighted by Crippen LogP contribution is 2.12. The van der Waals surface area contributed by atoms with E-state index < -0.39 is 28.3 Å². The molecule has 88 valence electrons. The fourth-order valence-electron chi connectivity index (χ4n) is 0.931. The van der Waals surface area contributed by atoms with Gasteiger partial charge < -0.3 is 0 Å². The van der Waals surface area contributed by atoms with Crippen LogP contribution in [0.3, 0.4) is 0 Å². The van der Waals surface area contributed by atoms with E-state index in [4.69, 9.17) is 14.3 Å². The lowest BCUT2D eigenvalue weighted by atomic mass is 10.2. The summed E-state index contributed by atoms with van der Waals surface area (Å²) in [6, 6.07) is 5.84. The summed E-state index contributed by atoms with van der Waals surface area (Å²) in [6.45, 7) is 0.857. The summed E-state index contributed by atoms with van der Waals surface area (Å²) in [5.41, 5.74) is 0.877. The minimum atomic E-state index is -4.08. The number of hydrogen-bond donors (Lipinski definition) is 0. The molecule has 0 unspecified atom stereocenters. The predicted molar refractivity (Wildman–Crippen MR) is 60.0 cm³/mol. The van der Waals surface area contributed by atoms with Crippen molar-refractivity contribution in [3.8, 4) is 0 Å². The number of halogens is 1. The first kappa shape index (κ1) is 10.3. The van der Waals surface area contributed by atoms with Crippen LogP contribution in [0.2, 0.25) is 0 Å². The molecule has 0 amide bonds. The van der Waals surface area contributed by atoms with Crippen molar-refractivity contribution in [2.24, 2.45) is 0 Å². The van der Waals surface area contributed by atoms with Gasteiger partial charge in [-0.05, 0) is 19.1 Å². The number of carbonyl (C=O) groups is 1. The molecule has 1 aromatic rings. The summed E-state index contributed by atoms with van der Waals surface area (Å²) in [7, 11) is -4.08. The lowest BCUT2D eigenvalue weighted by Crippen LogP contribution is -2.15. The van der Waals surface area contributed by atoms with Crippen LogP contribution in [0, 0.1) is 6.92 Å². The van der Waals surface area contributed by atoms with Gasteiger partial charge >= 0.3 is 0 Å². The highest BCUT2D eigenvalue weighted by molar-refractivity contribution is 7.86. The zero-order valence-corrected chi connectivity index (χ0v) is 10.0. The van der Waals surface area contributed by atoms with Gasteiger partial charge in [0.1, 0.15) is 6.61 Å². The van der Waals surface area contributed by atoms with Crippen LogP contribution in [0.25, 0.3) is 0 Å². The molecule has 0 aromatic heterocycles. The second kappa shape index (κ2) is 5.43. The number of hydrogen-bond acceptors (Lipinski definition) is 4. The van der Waals surface area contributed by atoms with Gasteiger partial charge in [0, 0.05) is 0 Å². The molecule has 0 heterocycles. The summed E-state index contributed by atoms with van der Waals surface area (Å²) in [4.78, 5) is 11.0. The summed E-state index contributed by atoms with van der Waals surface area (Å²) < 4.78 is 41.5. The molecule has 6 heteroatoms. The third kappa shape index (κ3) is 3.59. The van der Waals surface area contributed by atoms with Crippen molar-refractivity contribution in [3.63, 3.8) is 0 Å². The van der Waals surface area contributed by atoms with Gasteiger partial charge in [-0.15, -0.1) is 11.6 Å². The Morgan fingerprint density at radius 1 is 1.44 bits per heavy atom. The highest BCUT2D eigenvalue weighted by Gasteiger charge is 2.16. The number of benzene rings is 1. The molecule has 0 bridgehead atoms. The Hall–Kier alpha value is -0.910. The van der Waals surface area contributed by atoms with Crippen molar-refractivity contribution in [1.82, 2.24) is 0 Å². The minimum absolute atomic E-state index is 0.101. The summed E-state index contributed by atoms with van der Waals surface area (Å²) in [5, 5.41) is 0. The third-order valence-corrected chi connectivity index (χ3v) is 3.25. The van der Waals surface area contributed by atoms with E-state index in [-0.39, 0.29) is 4.90 Å². The largest absolute Gasteiger partial charge is 0.297 e. The minimum Gasteiger partial charge on any atom is -0.296 e. The zero-order valence-electron chi connectivity index (χ0n) is 10.4. The maximum atomic E-state index is 11.6. The standard InChI is InChI=1S/C10H11ClO4S/c1-8-2-4-10(5-3-8)16(13,14)15-7-9(12)6-11/h2-5H,6-7H2,1H3/i6D2. The van der Waals surface area contributed by atoms with Gasteiger partial charge in [-0.1, -0.05) is 17.7 Å². The second-order valence-corrected chi connectivity index (χ2v) is 4.85. The van der Waals surface area contributed by atoms with Crippen LogP contribution in [0.5, 0.6) is 0 Å². The average Bonchev–Trinajstić information content (AvgIpc) is 2.25. The van der Waals surface area contributed by atoms with E-state index in [2.05, 4.69) is 4.18 Å². The number of Topliss-reactive ketones (excluding diaryl/α,β-unsaturated/α-hetero) is 1. The number of carbonyl (C=O) groups excluding carboxylic acids is 1.